The quantitative estimate of drug-likeness (QED) is 0.870. The standard InChI is InChI=1S/C14H20N2OS2.ClH/c1-10(8-15)9-16-13(17)11-2-4-12(5-3-11)14-18-6-7-19-14;/h2-5,10,14H,6-9,15H2,1H3,(H,16,17);1H. The molecule has 3 nitrogen and oxygen atoms in total. The summed E-state index contributed by atoms with van der Waals surface area (Å²) in [5.41, 5.74) is 7.56. The Morgan fingerprint density at radius 3 is 2.50 bits per heavy atom. The summed E-state index contributed by atoms with van der Waals surface area (Å²) in [5, 5.41) is 2.91. The molecule has 112 valence electrons. The average Bonchev–Trinajstić information content (AvgIpc) is 2.98. The van der Waals surface area contributed by atoms with E-state index < -0.39 is 0 Å². The Labute approximate surface area is 135 Å². The van der Waals surface area contributed by atoms with Crippen molar-refractivity contribution >= 4 is 41.8 Å². The van der Waals surface area contributed by atoms with E-state index in [0.717, 1.165) is 5.56 Å². The largest absolute Gasteiger partial charge is 0.352 e. The molecule has 0 spiro atoms. The number of carbonyl (C=O) groups excluding carboxylic acids is 1. The van der Waals surface area contributed by atoms with Gasteiger partial charge in [0.15, 0.2) is 0 Å². The van der Waals surface area contributed by atoms with E-state index in [-0.39, 0.29) is 18.3 Å². The van der Waals surface area contributed by atoms with Gasteiger partial charge in [-0.3, -0.25) is 4.79 Å². The fourth-order valence-electron chi connectivity index (χ4n) is 1.79. The highest BCUT2D eigenvalue weighted by atomic mass is 35.5. The molecule has 0 aromatic heterocycles. The number of halogens is 1. The number of rotatable bonds is 5. The molecular formula is C14H21ClN2OS2. The minimum absolute atomic E-state index is 0. The highest BCUT2D eigenvalue weighted by molar-refractivity contribution is 8.19. The van der Waals surface area contributed by atoms with Crippen molar-refractivity contribution in [2.45, 2.75) is 11.5 Å². The summed E-state index contributed by atoms with van der Waals surface area (Å²) in [6, 6.07) is 7.96. The van der Waals surface area contributed by atoms with Gasteiger partial charge in [-0.05, 0) is 30.2 Å². The van der Waals surface area contributed by atoms with Gasteiger partial charge in [-0.15, -0.1) is 35.9 Å². The minimum Gasteiger partial charge on any atom is -0.352 e. The summed E-state index contributed by atoms with van der Waals surface area (Å²) in [6.07, 6.45) is 0. The number of benzene rings is 1. The van der Waals surface area contributed by atoms with Crippen LogP contribution in [0.1, 0.15) is 27.4 Å². The summed E-state index contributed by atoms with van der Waals surface area (Å²) in [5.74, 6) is 2.73. The predicted molar refractivity (Wildman–Crippen MR) is 91.9 cm³/mol. The molecule has 1 aliphatic rings. The molecule has 3 N–H and O–H groups in total. The van der Waals surface area contributed by atoms with Crippen LogP contribution in [-0.4, -0.2) is 30.5 Å². The first-order chi connectivity index (χ1) is 9.20. The molecule has 6 heteroatoms. The number of nitrogens with one attached hydrogen (secondary N) is 1. The lowest BCUT2D eigenvalue weighted by Gasteiger charge is -2.11. The van der Waals surface area contributed by atoms with Crippen LogP contribution in [-0.2, 0) is 0 Å². The van der Waals surface area contributed by atoms with Gasteiger partial charge in [0.25, 0.3) is 5.91 Å². The summed E-state index contributed by atoms with van der Waals surface area (Å²) in [6.45, 7) is 3.25. The molecule has 1 amide bonds. The third-order valence-electron chi connectivity index (χ3n) is 3.08. The second-order valence-corrected chi connectivity index (χ2v) is 7.47. The van der Waals surface area contributed by atoms with Gasteiger partial charge < -0.3 is 11.1 Å². The Bertz CT molecular complexity index is 422. The maximum Gasteiger partial charge on any atom is 0.251 e. The molecule has 1 heterocycles. The maximum atomic E-state index is 11.9. The molecule has 0 aliphatic carbocycles. The first-order valence-electron chi connectivity index (χ1n) is 6.52. The van der Waals surface area contributed by atoms with Crippen molar-refractivity contribution in [2.75, 3.05) is 24.6 Å². The van der Waals surface area contributed by atoms with Crippen molar-refractivity contribution in [1.82, 2.24) is 5.32 Å². The van der Waals surface area contributed by atoms with Crippen molar-refractivity contribution in [3.05, 3.63) is 35.4 Å². The predicted octanol–water partition coefficient (Wildman–Crippen LogP) is 2.91. The van der Waals surface area contributed by atoms with E-state index in [1.54, 1.807) is 0 Å². The molecule has 1 unspecified atom stereocenters. The van der Waals surface area contributed by atoms with E-state index in [9.17, 15) is 4.79 Å². The van der Waals surface area contributed by atoms with E-state index in [1.165, 1.54) is 17.1 Å². The number of nitrogens with two attached hydrogens (primary N) is 1. The Balaban J connectivity index is 0.00000200. The van der Waals surface area contributed by atoms with Crippen LogP contribution < -0.4 is 11.1 Å². The summed E-state index contributed by atoms with van der Waals surface area (Å²) in [4.78, 5) is 11.9. The maximum absolute atomic E-state index is 11.9. The van der Waals surface area contributed by atoms with Crippen molar-refractivity contribution in [2.24, 2.45) is 11.7 Å². The van der Waals surface area contributed by atoms with E-state index in [0.29, 0.717) is 23.6 Å². The molecule has 1 atom stereocenters. The molecule has 1 aromatic carbocycles. The van der Waals surface area contributed by atoms with E-state index in [1.807, 2.05) is 42.6 Å². The van der Waals surface area contributed by atoms with E-state index in [4.69, 9.17) is 5.73 Å². The summed E-state index contributed by atoms with van der Waals surface area (Å²) >= 11 is 3.95. The summed E-state index contributed by atoms with van der Waals surface area (Å²) in [7, 11) is 0. The third kappa shape index (κ3) is 4.88. The van der Waals surface area contributed by atoms with Crippen LogP contribution in [0.4, 0.5) is 0 Å². The Morgan fingerprint density at radius 2 is 1.95 bits per heavy atom. The van der Waals surface area contributed by atoms with Crippen LogP contribution in [0.25, 0.3) is 0 Å². The van der Waals surface area contributed by atoms with Gasteiger partial charge in [-0.25, -0.2) is 0 Å². The smallest absolute Gasteiger partial charge is 0.251 e. The molecule has 2 rings (SSSR count). The van der Waals surface area contributed by atoms with Crippen molar-refractivity contribution in [3.63, 3.8) is 0 Å². The van der Waals surface area contributed by atoms with Crippen molar-refractivity contribution < 1.29 is 4.79 Å². The van der Waals surface area contributed by atoms with Crippen LogP contribution in [0.2, 0.25) is 0 Å². The van der Waals surface area contributed by atoms with Crippen LogP contribution >= 0.6 is 35.9 Å². The molecule has 1 saturated heterocycles. The normalized spacial score (nSPS) is 16.5. The highest BCUT2D eigenvalue weighted by Gasteiger charge is 2.18. The lowest BCUT2D eigenvalue weighted by atomic mass is 10.1. The van der Waals surface area contributed by atoms with Gasteiger partial charge in [-0.1, -0.05) is 19.1 Å². The zero-order valence-corrected chi connectivity index (χ0v) is 14.0. The lowest BCUT2D eigenvalue weighted by molar-refractivity contribution is 0.0948. The molecule has 20 heavy (non-hydrogen) atoms. The average molecular weight is 333 g/mol. The van der Waals surface area contributed by atoms with Gasteiger partial charge in [0.05, 0.1) is 4.58 Å². The summed E-state index contributed by atoms with van der Waals surface area (Å²) < 4.78 is 0.536. The molecule has 0 bridgehead atoms. The first-order valence-corrected chi connectivity index (χ1v) is 8.62. The number of hydrogen-bond donors (Lipinski definition) is 2. The molecule has 1 aromatic rings. The number of thioether (sulfide) groups is 2. The fourth-order valence-corrected chi connectivity index (χ4v) is 4.65. The third-order valence-corrected chi connectivity index (χ3v) is 6.18. The van der Waals surface area contributed by atoms with Crippen molar-refractivity contribution in [1.29, 1.82) is 0 Å². The van der Waals surface area contributed by atoms with Gasteiger partial charge in [0.1, 0.15) is 0 Å². The van der Waals surface area contributed by atoms with Gasteiger partial charge in [-0.2, -0.15) is 0 Å². The van der Waals surface area contributed by atoms with E-state index >= 15 is 0 Å². The van der Waals surface area contributed by atoms with Crippen LogP contribution in [0.3, 0.4) is 0 Å². The minimum atomic E-state index is -0.0152. The Kier molecular flexibility index (Phi) is 7.80. The second-order valence-electron chi connectivity index (χ2n) is 4.75. The molecular weight excluding hydrogens is 312 g/mol. The molecule has 1 fully saturated rings. The lowest BCUT2D eigenvalue weighted by Crippen LogP contribution is -2.31. The van der Waals surface area contributed by atoms with Crippen LogP contribution in [0.5, 0.6) is 0 Å². The van der Waals surface area contributed by atoms with E-state index in [2.05, 4.69) is 17.4 Å². The van der Waals surface area contributed by atoms with Gasteiger partial charge >= 0.3 is 0 Å². The monoisotopic (exact) mass is 332 g/mol. The first kappa shape index (κ1) is 17.7. The second kappa shape index (κ2) is 8.82. The van der Waals surface area contributed by atoms with Crippen LogP contribution in [0, 0.1) is 5.92 Å². The SMILES string of the molecule is CC(CN)CNC(=O)c1ccc(C2SCCS2)cc1.Cl. The Hall–Kier alpha value is -0.360. The van der Waals surface area contributed by atoms with Gasteiger partial charge in [0.2, 0.25) is 0 Å². The van der Waals surface area contributed by atoms with Crippen LogP contribution in [0.15, 0.2) is 24.3 Å². The number of hydrogen-bond acceptors (Lipinski definition) is 4. The zero-order chi connectivity index (χ0) is 13.7. The molecule has 0 saturated carbocycles. The molecule has 0 radical (unpaired) electrons. The fraction of sp³-hybridized carbons (Fsp3) is 0.500. The topological polar surface area (TPSA) is 55.1 Å². The Morgan fingerprint density at radius 1 is 1.35 bits per heavy atom. The van der Waals surface area contributed by atoms with Gasteiger partial charge in [0, 0.05) is 23.6 Å². The highest BCUT2D eigenvalue weighted by Crippen LogP contribution is 2.45. The molecule has 1 aliphatic heterocycles. The number of carbonyl (C=O) groups is 1. The number of amides is 1. The van der Waals surface area contributed by atoms with Crippen molar-refractivity contribution in [3.8, 4) is 0 Å². The zero-order valence-electron chi connectivity index (χ0n) is 11.5.